The number of hydrogen-bond acceptors (Lipinski definition) is 4. The maximum Gasteiger partial charge on any atom is 0.273 e. The van der Waals surface area contributed by atoms with E-state index < -0.39 is 0 Å². The molecule has 1 fully saturated rings. The number of nitrogens with one attached hydrogen (secondary N) is 1. The highest BCUT2D eigenvalue weighted by Crippen LogP contribution is 2.14. The molecule has 0 saturated carbocycles. The van der Waals surface area contributed by atoms with Crippen LogP contribution in [-0.4, -0.2) is 46.4 Å². The summed E-state index contributed by atoms with van der Waals surface area (Å²) in [7, 11) is 0. The second-order valence-electron chi connectivity index (χ2n) is 6.25. The molecule has 0 bridgehead atoms. The maximum absolute atomic E-state index is 12.5. The van der Waals surface area contributed by atoms with Crippen LogP contribution in [0.4, 0.5) is 0 Å². The van der Waals surface area contributed by atoms with Crippen molar-refractivity contribution in [2.75, 3.05) is 19.7 Å². The summed E-state index contributed by atoms with van der Waals surface area (Å²) in [6.45, 7) is 4.05. The van der Waals surface area contributed by atoms with Gasteiger partial charge in [0.2, 0.25) is 5.91 Å². The number of amides is 1. The number of aromatic nitrogens is 2. The third-order valence-electron chi connectivity index (χ3n) is 4.57. The van der Waals surface area contributed by atoms with E-state index in [0.717, 1.165) is 12.8 Å². The Balaban J connectivity index is 1.70. The number of likely N-dealkylation sites (tertiary alicyclic amines) is 1. The van der Waals surface area contributed by atoms with Crippen molar-refractivity contribution in [3.05, 3.63) is 45.0 Å². The van der Waals surface area contributed by atoms with Gasteiger partial charge in [-0.05, 0) is 31.9 Å². The largest absolute Gasteiger partial charge is 0.377 e. The quantitative estimate of drug-likeness (QED) is 0.880. The molecule has 0 unspecified atom stereocenters. The number of ether oxygens (including phenoxy) is 1. The smallest absolute Gasteiger partial charge is 0.273 e. The molecule has 134 valence electrons. The van der Waals surface area contributed by atoms with Crippen molar-refractivity contribution in [1.82, 2.24) is 14.7 Å². The summed E-state index contributed by atoms with van der Waals surface area (Å²) in [5, 5.41) is 3.29. The molecule has 1 aromatic carbocycles. The predicted octanol–water partition coefficient (Wildman–Crippen LogP) is 1.11. The van der Waals surface area contributed by atoms with Crippen LogP contribution in [0.1, 0.15) is 26.2 Å². The summed E-state index contributed by atoms with van der Waals surface area (Å²) in [5.74, 6) is -0.0229. The third kappa shape index (κ3) is 3.82. The summed E-state index contributed by atoms with van der Waals surface area (Å²) in [6.07, 6.45) is 2.15. The van der Waals surface area contributed by atoms with Crippen LogP contribution in [0.3, 0.4) is 0 Å². The lowest BCUT2D eigenvalue weighted by molar-refractivity contribution is -0.135. The molecule has 1 amide bonds. The van der Waals surface area contributed by atoms with E-state index in [4.69, 9.17) is 4.74 Å². The number of carbonyl (C=O) groups excluding carboxylic acids is 1. The van der Waals surface area contributed by atoms with Crippen molar-refractivity contribution in [3.63, 3.8) is 0 Å². The Morgan fingerprint density at radius 2 is 2.04 bits per heavy atom. The van der Waals surface area contributed by atoms with Gasteiger partial charge in [0.15, 0.2) is 0 Å². The first-order chi connectivity index (χ1) is 12.1. The first kappa shape index (κ1) is 17.4. The number of aromatic amines is 1. The molecule has 7 heteroatoms. The second kappa shape index (κ2) is 7.65. The average molecular weight is 345 g/mol. The fraction of sp³-hybridized carbons (Fsp3) is 0.500. The average Bonchev–Trinajstić information content (AvgIpc) is 2.64. The Kier molecular flexibility index (Phi) is 5.33. The first-order valence-corrected chi connectivity index (χ1v) is 8.71. The minimum atomic E-state index is -0.322. The van der Waals surface area contributed by atoms with E-state index >= 15 is 0 Å². The lowest BCUT2D eigenvalue weighted by atomic mass is 10.1. The number of carbonyl (C=O) groups is 1. The maximum atomic E-state index is 12.5. The molecule has 3 rings (SSSR count). The third-order valence-corrected chi connectivity index (χ3v) is 4.57. The van der Waals surface area contributed by atoms with Crippen LogP contribution in [0.2, 0.25) is 0 Å². The van der Waals surface area contributed by atoms with Gasteiger partial charge < -0.3 is 9.64 Å². The van der Waals surface area contributed by atoms with Crippen LogP contribution in [0.5, 0.6) is 0 Å². The van der Waals surface area contributed by atoms with Crippen molar-refractivity contribution in [2.24, 2.45) is 0 Å². The molecule has 1 atom stereocenters. The van der Waals surface area contributed by atoms with Gasteiger partial charge in [0.05, 0.1) is 23.4 Å². The van der Waals surface area contributed by atoms with E-state index in [1.165, 1.54) is 4.68 Å². The normalized spacial score (nSPS) is 17.8. The molecule has 1 aliphatic heterocycles. The SMILES string of the molecule is CCO[C@H]1CCCN(C(=O)CCn2[nH]c(=O)c3ccccc3c2=O)C1. The standard InChI is InChI=1S/C18H23N3O4/c1-2-25-13-6-5-10-20(12-13)16(22)9-11-21-18(24)15-8-4-3-7-14(15)17(23)19-21/h3-4,7-8,13H,2,5-6,9-12H2,1H3,(H,19,23)/t13-/m0/s1. The van der Waals surface area contributed by atoms with E-state index in [9.17, 15) is 14.4 Å². The molecule has 1 aromatic heterocycles. The molecule has 2 heterocycles. The number of piperidine rings is 1. The number of nitrogens with zero attached hydrogens (tertiary/aromatic N) is 2. The number of fused-ring (bicyclic) bond motifs is 1. The molecule has 1 N–H and O–H groups in total. The van der Waals surface area contributed by atoms with E-state index in [2.05, 4.69) is 5.10 Å². The number of H-pyrrole nitrogens is 1. The Labute approximate surface area is 145 Å². The van der Waals surface area contributed by atoms with E-state index in [1.807, 2.05) is 6.92 Å². The molecule has 1 aliphatic rings. The first-order valence-electron chi connectivity index (χ1n) is 8.71. The van der Waals surface area contributed by atoms with Gasteiger partial charge in [-0.3, -0.25) is 19.5 Å². The summed E-state index contributed by atoms with van der Waals surface area (Å²) < 4.78 is 6.84. The van der Waals surface area contributed by atoms with Gasteiger partial charge in [-0.2, -0.15) is 0 Å². The van der Waals surface area contributed by atoms with Crippen LogP contribution in [0.15, 0.2) is 33.9 Å². The zero-order valence-electron chi connectivity index (χ0n) is 14.4. The Hall–Kier alpha value is -2.41. The molecular formula is C18H23N3O4. The molecular weight excluding hydrogens is 322 g/mol. The molecule has 1 saturated heterocycles. The highest BCUT2D eigenvalue weighted by molar-refractivity contribution is 5.80. The molecule has 7 nitrogen and oxygen atoms in total. The second-order valence-corrected chi connectivity index (χ2v) is 6.25. The summed E-state index contributed by atoms with van der Waals surface area (Å²) in [4.78, 5) is 38.8. The van der Waals surface area contributed by atoms with Gasteiger partial charge in [0.25, 0.3) is 11.1 Å². The van der Waals surface area contributed by atoms with Crippen LogP contribution in [-0.2, 0) is 16.1 Å². The van der Waals surface area contributed by atoms with Gasteiger partial charge in [-0.15, -0.1) is 0 Å². The van der Waals surface area contributed by atoms with Crippen molar-refractivity contribution in [3.8, 4) is 0 Å². The van der Waals surface area contributed by atoms with Crippen molar-refractivity contribution >= 4 is 16.7 Å². The number of benzene rings is 1. The van der Waals surface area contributed by atoms with Crippen LogP contribution in [0, 0.1) is 0 Å². The summed E-state index contributed by atoms with van der Waals surface area (Å²) >= 11 is 0. The van der Waals surface area contributed by atoms with Crippen LogP contribution in [0.25, 0.3) is 10.8 Å². The highest BCUT2D eigenvalue weighted by atomic mass is 16.5. The monoisotopic (exact) mass is 345 g/mol. The molecule has 0 radical (unpaired) electrons. The van der Waals surface area contributed by atoms with Gasteiger partial charge in [-0.1, -0.05) is 12.1 Å². The van der Waals surface area contributed by atoms with Gasteiger partial charge in [0.1, 0.15) is 0 Å². The molecule has 2 aromatic rings. The lowest BCUT2D eigenvalue weighted by Crippen LogP contribution is -2.43. The van der Waals surface area contributed by atoms with Gasteiger partial charge in [0, 0.05) is 26.1 Å². The van der Waals surface area contributed by atoms with Crippen molar-refractivity contribution < 1.29 is 9.53 Å². The van der Waals surface area contributed by atoms with E-state index in [-0.39, 0.29) is 36.1 Å². The zero-order valence-corrected chi connectivity index (χ0v) is 14.4. The fourth-order valence-corrected chi connectivity index (χ4v) is 3.31. The Bertz CT molecular complexity index is 868. The van der Waals surface area contributed by atoms with Gasteiger partial charge in [-0.25, -0.2) is 4.68 Å². The highest BCUT2D eigenvalue weighted by Gasteiger charge is 2.23. The minimum absolute atomic E-state index is 0.0229. The summed E-state index contributed by atoms with van der Waals surface area (Å²) in [6, 6.07) is 6.69. The Morgan fingerprint density at radius 1 is 1.28 bits per heavy atom. The minimum Gasteiger partial charge on any atom is -0.377 e. The zero-order chi connectivity index (χ0) is 17.8. The van der Waals surface area contributed by atoms with E-state index in [1.54, 1.807) is 29.2 Å². The molecule has 25 heavy (non-hydrogen) atoms. The topological polar surface area (TPSA) is 84.4 Å². The van der Waals surface area contributed by atoms with Crippen molar-refractivity contribution in [1.29, 1.82) is 0 Å². The number of rotatable bonds is 5. The summed E-state index contributed by atoms with van der Waals surface area (Å²) in [5.41, 5.74) is -0.606. The Morgan fingerprint density at radius 3 is 2.80 bits per heavy atom. The van der Waals surface area contributed by atoms with Crippen LogP contribution >= 0.6 is 0 Å². The van der Waals surface area contributed by atoms with Crippen molar-refractivity contribution in [2.45, 2.75) is 38.8 Å². The number of aryl methyl sites for hydroxylation is 1. The van der Waals surface area contributed by atoms with Crippen LogP contribution < -0.4 is 11.1 Å². The molecule has 0 aliphatic carbocycles. The predicted molar refractivity (Wildman–Crippen MR) is 94.7 cm³/mol. The fourth-order valence-electron chi connectivity index (χ4n) is 3.31. The lowest BCUT2D eigenvalue weighted by Gasteiger charge is -2.32. The number of hydrogen-bond donors (Lipinski definition) is 1. The van der Waals surface area contributed by atoms with E-state index in [0.29, 0.717) is 30.5 Å². The van der Waals surface area contributed by atoms with Gasteiger partial charge >= 0.3 is 0 Å². The molecule has 0 spiro atoms.